The van der Waals surface area contributed by atoms with Crippen LogP contribution in [-0.2, 0) is 18.5 Å². The molecule has 13 heteroatoms. The summed E-state index contributed by atoms with van der Waals surface area (Å²) >= 11 is 3.84. The molecule has 220 valence electrons. The van der Waals surface area contributed by atoms with E-state index < -0.39 is 40.8 Å². The lowest BCUT2D eigenvalue weighted by Gasteiger charge is -2.18. The van der Waals surface area contributed by atoms with E-state index in [-0.39, 0.29) is 45.3 Å². The lowest BCUT2D eigenvalue weighted by atomic mass is 9.92. The molecule has 0 saturated carbocycles. The van der Waals surface area contributed by atoms with Gasteiger partial charge in [-0.05, 0) is 111 Å². The SMILES string of the molecule is Cc1cc(-c2cccc(-c3cc(C(F)(F)F)cc(C(F)(F)F)c3)c2N=Cc2cc(I)cc(I)c2O)cc(C(F)(F)F)c1. The maximum atomic E-state index is 13.7. The molecule has 0 spiro atoms. The summed E-state index contributed by atoms with van der Waals surface area (Å²) in [7, 11) is 0. The van der Waals surface area contributed by atoms with E-state index in [9.17, 15) is 44.6 Å². The minimum atomic E-state index is -5.13. The van der Waals surface area contributed by atoms with Crippen LogP contribution in [0.3, 0.4) is 0 Å². The van der Waals surface area contributed by atoms with Gasteiger partial charge in [0.25, 0.3) is 0 Å². The number of aryl methyl sites for hydroxylation is 1. The average molecular weight is 819 g/mol. The first-order valence-electron chi connectivity index (χ1n) is 11.7. The van der Waals surface area contributed by atoms with E-state index in [0.717, 1.165) is 18.3 Å². The minimum absolute atomic E-state index is 0.0132. The average Bonchev–Trinajstić information content (AvgIpc) is 2.87. The third-order valence-electron chi connectivity index (χ3n) is 6.04. The summed E-state index contributed by atoms with van der Waals surface area (Å²) in [6.07, 6.45) is -13.8. The van der Waals surface area contributed by atoms with Gasteiger partial charge in [-0.25, -0.2) is 0 Å². The quantitative estimate of drug-likeness (QED) is 0.124. The molecule has 4 rings (SSSR count). The summed E-state index contributed by atoms with van der Waals surface area (Å²) in [5.41, 5.74) is -4.63. The van der Waals surface area contributed by atoms with Crippen molar-refractivity contribution < 1.29 is 44.6 Å². The van der Waals surface area contributed by atoms with E-state index in [2.05, 4.69) is 4.99 Å². The van der Waals surface area contributed by atoms with E-state index in [1.807, 2.05) is 45.2 Å². The standard InChI is InChI=1S/C29H16F9I2NO/c1-14-5-15(7-18(6-14)27(30,31)32)22-3-2-4-23(25(22)41-13-17-10-21(39)12-24(40)26(17)42)16-8-19(28(33,34)35)11-20(9-16)29(36,37)38/h2-13,42H,1H3. The zero-order valence-electron chi connectivity index (χ0n) is 21.0. The van der Waals surface area contributed by atoms with Gasteiger partial charge in [-0.15, -0.1) is 0 Å². The van der Waals surface area contributed by atoms with Gasteiger partial charge in [-0.2, -0.15) is 39.5 Å². The summed E-state index contributed by atoms with van der Waals surface area (Å²) in [4.78, 5) is 4.34. The Kier molecular flexibility index (Phi) is 8.94. The molecule has 0 heterocycles. The van der Waals surface area contributed by atoms with Crippen LogP contribution >= 0.6 is 45.2 Å². The van der Waals surface area contributed by atoms with E-state index >= 15 is 0 Å². The van der Waals surface area contributed by atoms with E-state index in [0.29, 0.717) is 19.3 Å². The lowest BCUT2D eigenvalue weighted by molar-refractivity contribution is -0.143. The van der Waals surface area contributed by atoms with Gasteiger partial charge in [-0.1, -0.05) is 24.3 Å². The van der Waals surface area contributed by atoms with Crippen molar-refractivity contribution in [3.8, 4) is 28.0 Å². The topological polar surface area (TPSA) is 32.6 Å². The Morgan fingerprint density at radius 3 is 1.64 bits per heavy atom. The molecule has 0 aliphatic rings. The fourth-order valence-corrected chi connectivity index (χ4v) is 6.07. The normalized spacial score (nSPS) is 12.8. The lowest BCUT2D eigenvalue weighted by Crippen LogP contribution is -2.11. The van der Waals surface area contributed by atoms with Gasteiger partial charge in [-0.3, -0.25) is 4.99 Å². The predicted octanol–water partition coefficient (Wildman–Crippen LogP) is 11.1. The molecule has 4 aromatic carbocycles. The Bertz CT molecular complexity index is 1660. The van der Waals surface area contributed by atoms with Crippen molar-refractivity contribution in [1.82, 2.24) is 0 Å². The zero-order valence-corrected chi connectivity index (χ0v) is 25.3. The van der Waals surface area contributed by atoms with Crippen LogP contribution in [0.5, 0.6) is 5.75 Å². The van der Waals surface area contributed by atoms with Gasteiger partial charge in [0.1, 0.15) is 5.75 Å². The molecule has 4 aromatic rings. The molecule has 0 fully saturated rings. The number of nitrogens with zero attached hydrogens (tertiary/aromatic N) is 1. The van der Waals surface area contributed by atoms with E-state index in [4.69, 9.17) is 0 Å². The highest BCUT2D eigenvalue weighted by atomic mass is 127. The summed E-state index contributed by atoms with van der Waals surface area (Å²) in [6, 6.07) is 11.2. The van der Waals surface area contributed by atoms with Gasteiger partial charge >= 0.3 is 18.5 Å². The minimum Gasteiger partial charge on any atom is -0.506 e. The first-order valence-corrected chi connectivity index (χ1v) is 13.8. The second-order valence-corrected chi connectivity index (χ2v) is 11.6. The molecule has 0 radical (unpaired) electrons. The number of phenolic OH excluding ortho intramolecular Hbond substituents is 1. The van der Waals surface area contributed by atoms with Gasteiger partial charge in [0, 0.05) is 26.5 Å². The van der Waals surface area contributed by atoms with Crippen LogP contribution in [0.1, 0.15) is 27.8 Å². The third kappa shape index (κ3) is 7.21. The summed E-state index contributed by atoms with van der Waals surface area (Å²) in [5, 5.41) is 10.5. The molecule has 0 aromatic heterocycles. The highest BCUT2D eigenvalue weighted by molar-refractivity contribution is 14.1. The van der Waals surface area contributed by atoms with Crippen molar-refractivity contribution in [2.75, 3.05) is 0 Å². The van der Waals surface area contributed by atoms with Crippen molar-refractivity contribution in [3.05, 3.63) is 102 Å². The summed E-state index contributed by atoms with van der Waals surface area (Å²) < 4.78 is 124. The molecule has 42 heavy (non-hydrogen) atoms. The van der Waals surface area contributed by atoms with Crippen LogP contribution in [0.4, 0.5) is 45.2 Å². The van der Waals surface area contributed by atoms with Crippen LogP contribution in [0.15, 0.2) is 71.7 Å². The number of benzene rings is 4. The molecule has 1 N–H and O–H groups in total. The van der Waals surface area contributed by atoms with Gasteiger partial charge in [0.15, 0.2) is 0 Å². The Balaban J connectivity index is 2.07. The molecule has 0 atom stereocenters. The number of aromatic hydroxyl groups is 1. The van der Waals surface area contributed by atoms with Crippen molar-refractivity contribution >= 4 is 57.1 Å². The van der Waals surface area contributed by atoms with E-state index in [1.165, 1.54) is 37.3 Å². The number of rotatable bonds is 4. The Morgan fingerprint density at radius 2 is 1.14 bits per heavy atom. The smallest absolute Gasteiger partial charge is 0.416 e. The third-order valence-corrected chi connectivity index (χ3v) is 7.49. The summed E-state index contributed by atoms with van der Waals surface area (Å²) in [6.45, 7) is 1.42. The molecular formula is C29H16F9I2NO. The number of phenols is 1. The largest absolute Gasteiger partial charge is 0.506 e. The number of hydrogen-bond acceptors (Lipinski definition) is 2. The molecule has 0 unspecified atom stereocenters. The van der Waals surface area contributed by atoms with E-state index in [1.54, 1.807) is 6.07 Å². The predicted molar refractivity (Wildman–Crippen MR) is 158 cm³/mol. The maximum absolute atomic E-state index is 13.7. The van der Waals surface area contributed by atoms with Crippen LogP contribution < -0.4 is 0 Å². The van der Waals surface area contributed by atoms with Crippen molar-refractivity contribution in [3.63, 3.8) is 0 Å². The number of alkyl halides is 9. The Labute approximate surface area is 260 Å². The highest BCUT2D eigenvalue weighted by Crippen LogP contribution is 2.45. The van der Waals surface area contributed by atoms with Crippen LogP contribution in [0.2, 0.25) is 0 Å². The number of aliphatic imine (C=N–C) groups is 1. The molecule has 0 bridgehead atoms. The van der Waals surface area contributed by atoms with Gasteiger partial charge in [0.05, 0.1) is 25.9 Å². The number of para-hydroxylation sites is 1. The first-order chi connectivity index (χ1) is 19.3. The van der Waals surface area contributed by atoms with Crippen molar-refractivity contribution in [2.45, 2.75) is 25.5 Å². The molecule has 0 saturated heterocycles. The maximum Gasteiger partial charge on any atom is 0.416 e. The van der Waals surface area contributed by atoms with Gasteiger partial charge in [0.2, 0.25) is 0 Å². The fraction of sp³-hybridized carbons (Fsp3) is 0.138. The number of hydrogen-bond donors (Lipinski definition) is 1. The van der Waals surface area contributed by atoms with Crippen molar-refractivity contribution in [2.24, 2.45) is 4.99 Å². The molecule has 0 aliphatic carbocycles. The Morgan fingerprint density at radius 1 is 0.667 bits per heavy atom. The monoisotopic (exact) mass is 819 g/mol. The molecular weight excluding hydrogens is 803 g/mol. The molecule has 0 amide bonds. The fourth-order valence-electron chi connectivity index (χ4n) is 4.18. The second kappa shape index (κ2) is 11.7. The van der Waals surface area contributed by atoms with Crippen LogP contribution in [0, 0.1) is 14.1 Å². The number of halogens is 11. The zero-order chi connectivity index (χ0) is 31.2. The van der Waals surface area contributed by atoms with Gasteiger partial charge < -0.3 is 5.11 Å². The first kappa shape index (κ1) is 32.1. The molecule has 0 aliphatic heterocycles. The van der Waals surface area contributed by atoms with Crippen LogP contribution in [0.25, 0.3) is 22.3 Å². The second-order valence-electron chi connectivity index (χ2n) is 9.17. The van der Waals surface area contributed by atoms with Crippen molar-refractivity contribution in [1.29, 1.82) is 0 Å². The molecule has 2 nitrogen and oxygen atoms in total. The highest BCUT2D eigenvalue weighted by Gasteiger charge is 2.37. The Hall–Kier alpha value is -2.82. The summed E-state index contributed by atoms with van der Waals surface area (Å²) in [5.74, 6) is -0.188. The van der Waals surface area contributed by atoms with Crippen LogP contribution in [-0.4, -0.2) is 11.3 Å².